The van der Waals surface area contributed by atoms with Crippen LogP contribution in [0.25, 0.3) is 0 Å². The summed E-state index contributed by atoms with van der Waals surface area (Å²) in [5.74, 6) is 0.296. The standard InChI is InChI=1S/C17H20FN3O3S/c1-20(13-14-4-2-3-5-16(14)18)17-7-6-15(12-19-17)25(22,23)21-8-10-24-11-9-21/h2-7,12H,8-11,13H2,1H3. The van der Waals surface area contributed by atoms with Gasteiger partial charge in [0.1, 0.15) is 16.5 Å². The number of hydrogen-bond donors (Lipinski definition) is 0. The van der Waals surface area contributed by atoms with E-state index >= 15 is 0 Å². The molecule has 1 aromatic heterocycles. The van der Waals surface area contributed by atoms with Gasteiger partial charge in [-0.1, -0.05) is 18.2 Å². The molecule has 0 unspecified atom stereocenters. The number of nitrogens with zero attached hydrogens (tertiary/aromatic N) is 3. The summed E-state index contributed by atoms with van der Waals surface area (Å²) in [5.41, 5.74) is 0.553. The fraction of sp³-hybridized carbons (Fsp3) is 0.353. The first kappa shape index (κ1) is 17.8. The molecule has 0 saturated carbocycles. The number of aromatic nitrogens is 1. The van der Waals surface area contributed by atoms with Crippen LogP contribution in [0.5, 0.6) is 0 Å². The minimum atomic E-state index is -3.56. The second-order valence-electron chi connectivity index (χ2n) is 5.82. The van der Waals surface area contributed by atoms with Crippen LogP contribution in [0.4, 0.5) is 10.2 Å². The van der Waals surface area contributed by atoms with Crippen molar-refractivity contribution in [1.82, 2.24) is 9.29 Å². The molecule has 0 bridgehead atoms. The molecule has 2 heterocycles. The van der Waals surface area contributed by atoms with Crippen LogP contribution in [-0.4, -0.2) is 51.1 Å². The van der Waals surface area contributed by atoms with Crippen LogP contribution in [0.1, 0.15) is 5.56 Å². The predicted molar refractivity (Wildman–Crippen MR) is 92.3 cm³/mol. The van der Waals surface area contributed by atoms with Crippen molar-refractivity contribution in [1.29, 1.82) is 0 Å². The van der Waals surface area contributed by atoms with Gasteiger partial charge in [0.25, 0.3) is 0 Å². The van der Waals surface area contributed by atoms with Crippen molar-refractivity contribution in [2.45, 2.75) is 11.4 Å². The number of hydrogen-bond acceptors (Lipinski definition) is 5. The minimum absolute atomic E-state index is 0.150. The molecule has 1 fully saturated rings. The van der Waals surface area contributed by atoms with E-state index in [4.69, 9.17) is 4.74 Å². The van der Waals surface area contributed by atoms with E-state index in [0.29, 0.717) is 44.2 Å². The highest BCUT2D eigenvalue weighted by molar-refractivity contribution is 7.89. The van der Waals surface area contributed by atoms with Crippen molar-refractivity contribution < 1.29 is 17.5 Å². The number of anilines is 1. The molecule has 2 aromatic rings. The second-order valence-corrected chi connectivity index (χ2v) is 7.75. The first-order valence-electron chi connectivity index (χ1n) is 7.97. The van der Waals surface area contributed by atoms with E-state index in [1.54, 1.807) is 36.2 Å². The zero-order chi connectivity index (χ0) is 17.9. The lowest BCUT2D eigenvalue weighted by atomic mass is 10.2. The van der Waals surface area contributed by atoms with Gasteiger partial charge in [-0.25, -0.2) is 17.8 Å². The first-order chi connectivity index (χ1) is 12.0. The first-order valence-corrected chi connectivity index (χ1v) is 9.41. The van der Waals surface area contributed by atoms with E-state index in [0.717, 1.165) is 0 Å². The highest BCUT2D eigenvalue weighted by atomic mass is 32.2. The number of halogens is 1. The number of pyridine rings is 1. The molecule has 134 valence electrons. The van der Waals surface area contributed by atoms with E-state index < -0.39 is 10.0 Å². The van der Waals surface area contributed by atoms with Crippen LogP contribution < -0.4 is 4.90 Å². The monoisotopic (exact) mass is 365 g/mol. The lowest BCUT2D eigenvalue weighted by molar-refractivity contribution is 0.0730. The third kappa shape index (κ3) is 3.97. The molecule has 0 amide bonds. The maximum Gasteiger partial charge on any atom is 0.244 e. The van der Waals surface area contributed by atoms with Crippen LogP contribution in [0, 0.1) is 5.82 Å². The quantitative estimate of drug-likeness (QED) is 0.810. The van der Waals surface area contributed by atoms with Crippen molar-refractivity contribution in [2.75, 3.05) is 38.3 Å². The van der Waals surface area contributed by atoms with Gasteiger partial charge in [0.15, 0.2) is 0 Å². The van der Waals surface area contributed by atoms with Crippen LogP contribution in [0.2, 0.25) is 0 Å². The summed E-state index contributed by atoms with van der Waals surface area (Å²) in [6, 6.07) is 9.71. The molecule has 8 heteroatoms. The number of sulfonamides is 1. The summed E-state index contributed by atoms with van der Waals surface area (Å²) in [7, 11) is -1.78. The number of benzene rings is 1. The van der Waals surface area contributed by atoms with Crippen molar-refractivity contribution in [3.05, 3.63) is 54.0 Å². The fourth-order valence-corrected chi connectivity index (χ4v) is 4.00. The molecule has 0 atom stereocenters. The Balaban J connectivity index is 1.74. The maximum absolute atomic E-state index is 13.7. The Morgan fingerprint density at radius 1 is 1.20 bits per heavy atom. The van der Waals surface area contributed by atoms with Crippen molar-refractivity contribution in [3.63, 3.8) is 0 Å². The molecule has 6 nitrogen and oxygen atoms in total. The van der Waals surface area contributed by atoms with E-state index in [2.05, 4.69) is 4.98 Å². The lowest BCUT2D eigenvalue weighted by Gasteiger charge is -2.26. The van der Waals surface area contributed by atoms with Gasteiger partial charge in [0.2, 0.25) is 10.0 Å². The smallest absolute Gasteiger partial charge is 0.244 e. The summed E-state index contributed by atoms with van der Waals surface area (Å²) in [5, 5.41) is 0. The molecular weight excluding hydrogens is 345 g/mol. The van der Waals surface area contributed by atoms with Gasteiger partial charge in [-0.05, 0) is 18.2 Å². The Bertz CT molecular complexity index is 821. The zero-order valence-corrected chi connectivity index (χ0v) is 14.7. The maximum atomic E-state index is 13.7. The van der Waals surface area contributed by atoms with Gasteiger partial charge in [-0.3, -0.25) is 0 Å². The summed E-state index contributed by atoms with van der Waals surface area (Å²) >= 11 is 0. The molecule has 1 aliphatic heterocycles. The second kappa shape index (κ2) is 7.47. The van der Waals surface area contributed by atoms with Gasteiger partial charge in [0, 0.05) is 38.4 Å². The predicted octanol–water partition coefficient (Wildman–Crippen LogP) is 1.88. The third-order valence-corrected chi connectivity index (χ3v) is 5.97. The largest absolute Gasteiger partial charge is 0.379 e. The van der Waals surface area contributed by atoms with E-state index in [1.165, 1.54) is 22.6 Å². The molecule has 3 rings (SSSR count). The SMILES string of the molecule is CN(Cc1ccccc1F)c1ccc(S(=O)(=O)N2CCOCC2)cn1. The van der Waals surface area contributed by atoms with Gasteiger partial charge < -0.3 is 9.64 Å². The molecule has 0 N–H and O–H groups in total. The average molecular weight is 365 g/mol. The lowest BCUT2D eigenvalue weighted by Crippen LogP contribution is -2.40. The van der Waals surface area contributed by atoms with Crippen molar-refractivity contribution in [3.8, 4) is 0 Å². The fourth-order valence-electron chi connectivity index (χ4n) is 2.65. The van der Waals surface area contributed by atoms with E-state index in [1.807, 2.05) is 0 Å². The number of ether oxygens (including phenoxy) is 1. The molecule has 1 aromatic carbocycles. The molecule has 0 radical (unpaired) electrons. The van der Waals surface area contributed by atoms with Crippen molar-refractivity contribution >= 4 is 15.8 Å². The van der Waals surface area contributed by atoms with Gasteiger partial charge in [-0.2, -0.15) is 4.31 Å². The Kier molecular flexibility index (Phi) is 5.31. The Morgan fingerprint density at radius 3 is 2.56 bits per heavy atom. The van der Waals surface area contributed by atoms with Crippen molar-refractivity contribution in [2.24, 2.45) is 0 Å². The summed E-state index contributed by atoms with van der Waals surface area (Å²) in [6.45, 7) is 1.83. The average Bonchev–Trinajstić information content (AvgIpc) is 2.64. The summed E-state index contributed by atoms with van der Waals surface area (Å²) in [4.78, 5) is 6.15. The zero-order valence-electron chi connectivity index (χ0n) is 13.9. The normalized spacial score (nSPS) is 15.9. The minimum Gasteiger partial charge on any atom is -0.379 e. The molecule has 0 spiro atoms. The highest BCUT2D eigenvalue weighted by Gasteiger charge is 2.26. The Hall–Kier alpha value is -2.03. The molecule has 25 heavy (non-hydrogen) atoms. The molecule has 1 saturated heterocycles. The topological polar surface area (TPSA) is 62.7 Å². The number of morpholine rings is 1. The molecular formula is C17H20FN3O3S. The van der Waals surface area contributed by atoms with E-state index in [9.17, 15) is 12.8 Å². The highest BCUT2D eigenvalue weighted by Crippen LogP contribution is 2.20. The Morgan fingerprint density at radius 2 is 1.92 bits per heavy atom. The molecule has 0 aliphatic carbocycles. The van der Waals surface area contributed by atoms with Crippen LogP contribution in [0.3, 0.4) is 0 Å². The Labute approximate surface area is 146 Å². The van der Waals surface area contributed by atoms with Crippen LogP contribution in [-0.2, 0) is 21.3 Å². The van der Waals surface area contributed by atoms with Crippen LogP contribution >= 0.6 is 0 Å². The summed E-state index contributed by atoms with van der Waals surface area (Å²) < 4.78 is 45.5. The molecule has 1 aliphatic rings. The summed E-state index contributed by atoms with van der Waals surface area (Å²) in [6.07, 6.45) is 1.35. The van der Waals surface area contributed by atoms with Gasteiger partial charge in [0.05, 0.1) is 13.2 Å². The van der Waals surface area contributed by atoms with Gasteiger partial charge >= 0.3 is 0 Å². The van der Waals surface area contributed by atoms with E-state index in [-0.39, 0.29) is 10.7 Å². The third-order valence-electron chi connectivity index (χ3n) is 4.09. The number of rotatable bonds is 5. The van der Waals surface area contributed by atoms with Gasteiger partial charge in [-0.15, -0.1) is 0 Å². The van der Waals surface area contributed by atoms with Crippen LogP contribution in [0.15, 0.2) is 47.5 Å².